The highest BCUT2D eigenvalue weighted by Crippen LogP contribution is 2.44. The molecule has 3 rings (SSSR count). The smallest absolute Gasteiger partial charge is 0.330 e. The van der Waals surface area contributed by atoms with Crippen LogP contribution < -0.4 is 25.5 Å². The molecule has 0 bridgehead atoms. The van der Waals surface area contributed by atoms with Crippen LogP contribution in [0, 0.1) is 6.92 Å². The van der Waals surface area contributed by atoms with Crippen molar-refractivity contribution in [2.75, 3.05) is 20.8 Å². The summed E-state index contributed by atoms with van der Waals surface area (Å²) in [6, 6.07) is 16.2. The van der Waals surface area contributed by atoms with Crippen LogP contribution in [0.4, 0.5) is 0 Å². The number of carbonyl (C=O) groups is 1. The van der Waals surface area contributed by atoms with Crippen LogP contribution in [0.3, 0.4) is 0 Å². The first-order valence-corrected chi connectivity index (χ1v) is 12.8. The Morgan fingerprint density at radius 2 is 1.74 bits per heavy atom. The van der Waals surface area contributed by atoms with Crippen molar-refractivity contribution in [1.29, 1.82) is 0 Å². The fourth-order valence-electron chi connectivity index (χ4n) is 3.58. The molecular weight excluding hydrogens is 449 g/mol. The lowest BCUT2D eigenvalue weighted by molar-refractivity contribution is -0.137. The van der Waals surface area contributed by atoms with Gasteiger partial charge in [-0.25, -0.2) is 4.79 Å². The average Bonchev–Trinajstić information content (AvgIpc) is 2.87. The quantitative estimate of drug-likeness (QED) is 0.186. The SMILES string of the molecule is CCCCOC(=O)C=Cc1cc(OC)ccc1P(=O)(c1ccc(OC)cc1)c1ncccc1C. The molecule has 6 nitrogen and oxygen atoms in total. The maximum atomic E-state index is 15.0. The molecule has 1 atom stereocenters. The van der Waals surface area contributed by atoms with E-state index in [1.165, 1.54) is 6.08 Å². The average molecular weight is 480 g/mol. The van der Waals surface area contributed by atoms with Gasteiger partial charge in [-0.15, -0.1) is 0 Å². The minimum absolute atomic E-state index is 0.363. The molecule has 2 aromatic carbocycles. The predicted octanol–water partition coefficient (Wildman–Crippen LogP) is 4.40. The molecule has 3 aromatic rings. The maximum absolute atomic E-state index is 15.0. The van der Waals surface area contributed by atoms with E-state index < -0.39 is 13.1 Å². The van der Waals surface area contributed by atoms with E-state index in [2.05, 4.69) is 4.98 Å². The number of carbonyl (C=O) groups excluding carboxylic acids is 1. The van der Waals surface area contributed by atoms with Crippen molar-refractivity contribution in [2.24, 2.45) is 0 Å². The molecule has 0 amide bonds. The van der Waals surface area contributed by atoms with Crippen LogP contribution in [0.1, 0.15) is 30.9 Å². The molecule has 178 valence electrons. The van der Waals surface area contributed by atoms with E-state index in [-0.39, 0.29) is 0 Å². The monoisotopic (exact) mass is 479 g/mol. The first kappa shape index (κ1) is 25.3. The molecule has 0 saturated carbocycles. The number of benzene rings is 2. The largest absolute Gasteiger partial charge is 0.497 e. The minimum atomic E-state index is -3.42. The predicted molar refractivity (Wildman–Crippen MR) is 136 cm³/mol. The summed E-state index contributed by atoms with van der Waals surface area (Å²) in [7, 11) is -0.274. The molecular formula is C27H30NO5P. The van der Waals surface area contributed by atoms with Crippen LogP contribution in [-0.4, -0.2) is 31.8 Å². The Bertz CT molecular complexity index is 1200. The summed E-state index contributed by atoms with van der Waals surface area (Å²) in [6.07, 6.45) is 6.36. The van der Waals surface area contributed by atoms with E-state index in [0.29, 0.717) is 39.7 Å². The Morgan fingerprint density at radius 3 is 2.38 bits per heavy atom. The third-order valence-electron chi connectivity index (χ3n) is 5.43. The van der Waals surface area contributed by atoms with Crippen LogP contribution >= 0.6 is 7.14 Å². The van der Waals surface area contributed by atoms with E-state index in [4.69, 9.17) is 14.2 Å². The topological polar surface area (TPSA) is 74.7 Å². The number of methoxy groups -OCH3 is 2. The van der Waals surface area contributed by atoms with E-state index in [1.807, 2.05) is 26.0 Å². The molecule has 0 fully saturated rings. The zero-order valence-electron chi connectivity index (χ0n) is 20.0. The highest BCUT2D eigenvalue weighted by atomic mass is 31.2. The Morgan fingerprint density at radius 1 is 1.03 bits per heavy atom. The Kier molecular flexibility index (Phi) is 8.67. The highest BCUT2D eigenvalue weighted by Gasteiger charge is 2.34. The van der Waals surface area contributed by atoms with Crippen molar-refractivity contribution in [3.63, 3.8) is 0 Å². The Labute approximate surface area is 201 Å². The lowest BCUT2D eigenvalue weighted by Crippen LogP contribution is -2.30. The van der Waals surface area contributed by atoms with Crippen LogP contribution in [0.2, 0.25) is 0 Å². The Hall–Kier alpha value is -3.37. The molecule has 1 heterocycles. The highest BCUT2D eigenvalue weighted by molar-refractivity contribution is 7.85. The van der Waals surface area contributed by atoms with Crippen LogP contribution in [0.15, 0.2) is 66.9 Å². The van der Waals surface area contributed by atoms with Gasteiger partial charge in [0.05, 0.1) is 20.8 Å². The number of nitrogens with zero attached hydrogens (tertiary/aromatic N) is 1. The number of aryl methyl sites for hydroxylation is 1. The van der Waals surface area contributed by atoms with Gasteiger partial charge in [-0.1, -0.05) is 19.4 Å². The van der Waals surface area contributed by atoms with Crippen molar-refractivity contribution >= 4 is 35.2 Å². The summed E-state index contributed by atoms with van der Waals surface area (Å²) in [5.41, 5.74) is 1.90. The number of unbranched alkanes of at least 4 members (excludes halogenated alkanes) is 1. The van der Waals surface area contributed by atoms with E-state index in [1.54, 1.807) is 69.0 Å². The van der Waals surface area contributed by atoms with Gasteiger partial charge in [0.2, 0.25) is 0 Å². The molecule has 0 aliphatic heterocycles. The molecule has 0 N–H and O–H groups in total. The number of hydrogen-bond acceptors (Lipinski definition) is 6. The lowest BCUT2D eigenvalue weighted by Gasteiger charge is -2.23. The van der Waals surface area contributed by atoms with Gasteiger partial charge in [-0.3, -0.25) is 4.98 Å². The minimum Gasteiger partial charge on any atom is -0.497 e. The number of aromatic nitrogens is 1. The number of esters is 1. The van der Waals surface area contributed by atoms with Gasteiger partial charge in [0.25, 0.3) is 0 Å². The van der Waals surface area contributed by atoms with Crippen molar-refractivity contribution < 1.29 is 23.6 Å². The van der Waals surface area contributed by atoms with Crippen LogP contribution in [-0.2, 0) is 14.1 Å². The van der Waals surface area contributed by atoms with Crippen LogP contribution in [0.5, 0.6) is 11.5 Å². The summed E-state index contributed by atoms with van der Waals surface area (Å²) < 4.78 is 31.0. The zero-order valence-corrected chi connectivity index (χ0v) is 20.9. The molecule has 0 saturated heterocycles. The summed E-state index contributed by atoms with van der Waals surface area (Å²) in [5.74, 6) is 0.801. The third-order valence-corrected chi connectivity index (χ3v) is 8.61. The first-order chi connectivity index (χ1) is 16.4. The van der Waals surface area contributed by atoms with Gasteiger partial charge >= 0.3 is 5.97 Å². The molecule has 34 heavy (non-hydrogen) atoms. The molecule has 1 aromatic heterocycles. The van der Waals surface area contributed by atoms with Crippen LogP contribution in [0.25, 0.3) is 6.08 Å². The van der Waals surface area contributed by atoms with Crippen molar-refractivity contribution in [1.82, 2.24) is 4.98 Å². The molecule has 0 radical (unpaired) electrons. The first-order valence-electron chi connectivity index (χ1n) is 11.1. The van der Waals surface area contributed by atoms with Gasteiger partial charge in [0.1, 0.15) is 16.9 Å². The standard InChI is InChI=1S/C27H30NO5P/c1-5-6-18-33-26(29)16-9-21-19-23(32-4)12-15-25(21)34(30,27-20(2)8-7-17-28-27)24-13-10-22(31-3)11-14-24/h7-17,19H,5-6,18H2,1-4H3. The molecule has 0 aliphatic carbocycles. The second-order valence-electron chi connectivity index (χ2n) is 7.73. The summed E-state index contributed by atoms with van der Waals surface area (Å²) >= 11 is 0. The fraction of sp³-hybridized carbons (Fsp3) is 0.259. The second-order valence-corrected chi connectivity index (χ2v) is 10.4. The van der Waals surface area contributed by atoms with E-state index in [9.17, 15) is 4.79 Å². The number of hydrogen-bond donors (Lipinski definition) is 0. The van der Waals surface area contributed by atoms with E-state index >= 15 is 4.57 Å². The maximum Gasteiger partial charge on any atom is 0.330 e. The number of ether oxygens (including phenoxy) is 3. The second kappa shape index (κ2) is 11.7. The van der Waals surface area contributed by atoms with Gasteiger partial charge in [0.15, 0.2) is 7.14 Å². The van der Waals surface area contributed by atoms with Gasteiger partial charge in [-0.2, -0.15) is 0 Å². The van der Waals surface area contributed by atoms with Crippen molar-refractivity contribution in [3.05, 3.63) is 78.0 Å². The van der Waals surface area contributed by atoms with Gasteiger partial charge < -0.3 is 18.8 Å². The third kappa shape index (κ3) is 5.57. The zero-order chi connectivity index (χ0) is 24.6. The summed E-state index contributed by atoms with van der Waals surface area (Å²) in [6.45, 7) is 4.28. The van der Waals surface area contributed by atoms with Crippen molar-refractivity contribution in [2.45, 2.75) is 26.7 Å². The molecule has 0 spiro atoms. The Balaban J connectivity index is 2.18. The summed E-state index contributed by atoms with van der Waals surface area (Å²) in [5, 5.41) is 1.17. The van der Waals surface area contributed by atoms with Crippen molar-refractivity contribution in [3.8, 4) is 11.5 Å². The van der Waals surface area contributed by atoms with Gasteiger partial charge in [0, 0.05) is 22.9 Å². The fourth-order valence-corrected chi connectivity index (χ4v) is 6.49. The normalized spacial score (nSPS) is 12.8. The molecule has 1 unspecified atom stereocenters. The molecule has 0 aliphatic rings. The number of pyridine rings is 1. The van der Waals surface area contributed by atoms with Gasteiger partial charge in [-0.05, 0) is 79.1 Å². The number of rotatable bonds is 10. The van der Waals surface area contributed by atoms with E-state index in [0.717, 1.165) is 18.4 Å². The lowest BCUT2D eigenvalue weighted by atomic mass is 10.2. The summed E-state index contributed by atoms with van der Waals surface area (Å²) in [4.78, 5) is 16.8. The molecule has 7 heteroatoms.